The van der Waals surface area contributed by atoms with E-state index in [0.29, 0.717) is 0 Å². The number of hydrogen-bond acceptors (Lipinski definition) is 1. The van der Waals surface area contributed by atoms with Gasteiger partial charge in [-0.15, -0.1) is 0 Å². The molecular weight excluding hydrogens is 206 g/mol. The summed E-state index contributed by atoms with van der Waals surface area (Å²) in [6, 6.07) is 0. The van der Waals surface area contributed by atoms with Crippen LogP contribution in [0.5, 0.6) is 0 Å². The summed E-state index contributed by atoms with van der Waals surface area (Å²) in [4.78, 5) is 0. The van der Waals surface area contributed by atoms with Gasteiger partial charge < -0.3 is 5.32 Å². The van der Waals surface area contributed by atoms with E-state index in [9.17, 15) is 0 Å². The normalized spacial score (nSPS) is 10.8. The van der Waals surface area contributed by atoms with E-state index in [1.165, 1.54) is 57.1 Å². The molecule has 0 aliphatic rings. The average molecular weight is 239 g/mol. The van der Waals surface area contributed by atoms with Gasteiger partial charge in [0.1, 0.15) is 0 Å². The average Bonchev–Trinajstić information content (AvgIpc) is 2.30. The lowest BCUT2D eigenvalue weighted by Crippen LogP contribution is -2.14. The lowest BCUT2D eigenvalue weighted by Gasteiger charge is -2.10. The third-order valence-electron chi connectivity index (χ3n) is 3.18. The molecule has 1 nitrogen and oxygen atoms in total. The van der Waals surface area contributed by atoms with Crippen molar-refractivity contribution in [3.05, 3.63) is 12.3 Å². The Morgan fingerprint density at radius 2 is 1.59 bits per heavy atom. The second kappa shape index (κ2) is 12.0. The highest BCUT2D eigenvalue weighted by atomic mass is 14.9. The summed E-state index contributed by atoms with van der Waals surface area (Å²) in [5.74, 6) is 0.784. The van der Waals surface area contributed by atoms with Gasteiger partial charge in [0.15, 0.2) is 0 Å². The third-order valence-corrected chi connectivity index (χ3v) is 3.18. The maximum absolute atomic E-state index is 4.07. The van der Waals surface area contributed by atoms with E-state index in [-0.39, 0.29) is 0 Å². The van der Waals surface area contributed by atoms with Crippen LogP contribution < -0.4 is 5.32 Å². The SMILES string of the molecule is C=C(CCC(C)C)NCCCCCCCCC. The van der Waals surface area contributed by atoms with Crippen LogP contribution in [0.2, 0.25) is 0 Å². The van der Waals surface area contributed by atoms with Crippen LogP contribution in [-0.2, 0) is 0 Å². The Morgan fingerprint density at radius 3 is 2.18 bits per heavy atom. The molecule has 0 aliphatic carbocycles. The van der Waals surface area contributed by atoms with Gasteiger partial charge in [-0.25, -0.2) is 0 Å². The van der Waals surface area contributed by atoms with Gasteiger partial charge in [0.25, 0.3) is 0 Å². The first-order chi connectivity index (χ1) is 8.16. The van der Waals surface area contributed by atoms with Gasteiger partial charge in [0.2, 0.25) is 0 Å². The maximum atomic E-state index is 4.07. The van der Waals surface area contributed by atoms with Crippen LogP contribution in [0.4, 0.5) is 0 Å². The summed E-state index contributed by atoms with van der Waals surface area (Å²) >= 11 is 0. The summed E-state index contributed by atoms with van der Waals surface area (Å²) in [6.07, 6.45) is 12.0. The molecule has 0 saturated carbocycles. The molecule has 0 amide bonds. The predicted molar refractivity (Wildman–Crippen MR) is 79.2 cm³/mol. The van der Waals surface area contributed by atoms with Crippen molar-refractivity contribution < 1.29 is 0 Å². The molecule has 17 heavy (non-hydrogen) atoms. The van der Waals surface area contributed by atoms with E-state index in [1.807, 2.05) is 0 Å². The molecule has 1 N–H and O–H groups in total. The molecule has 0 rings (SSSR count). The topological polar surface area (TPSA) is 12.0 Å². The fourth-order valence-electron chi connectivity index (χ4n) is 1.90. The zero-order valence-electron chi connectivity index (χ0n) is 12.4. The minimum absolute atomic E-state index is 0.784. The van der Waals surface area contributed by atoms with Gasteiger partial charge in [-0.1, -0.05) is 65.9 Å². The molecule has 0 atom stereocenters. The molecule has 0 heterocycles. The molecule has 0 aliphatic heterocycles. The van der Waals surface area contributed by atoms with Crippen molar-refractivity contribution in [3.8, 4) is 0 Å². The number of unbranched alkanes of at least 4 members (excludes halogenated alkanes) is 6. The minimum Gasteiger partial charge on any atom is -0.389 e. The smallest absolute Gasteiger partial charge is 0.0143 e. The monoisotopic (exact) mass is 239 g/mol. The second-order valence-electron chi connectivity index (χ2n) is 5.58. The van der Waals surface area contributed by atoms with Crippen molar-refractivity contribution in [1.29, 1.82) is 0 Å². The van der Waals surface area contributed by atoms with Crippen molar-refractivity contribution in [2.24, 2.45) is 5.92 Å². The lowest BCUT2D eigenvalue weighted by atomic mass is 10.1. The molecule has 0 spiro atoms. The molecule has 0 unspecified atom stereocenters. The van der Waals surface area contributed by atoms with Crippen molar-refractivity contribution in [2.45, 2.75) is 78.6 Å². The van der Waals surface area contributed by atoms with Gasteiger partial charge >= 0.3 is 0 Å². The first kappa shape index (κ1) is 16.5. The molecule has 0 aromatic heterocycles. The Balaban J connectivity index is 3.14. The Labute approximate surface area is 109 Å². The zero-order chi connectivity index (χ0) is 12.9. The highest BCUT2D eigenvalue weighted by Gasteiger charge is 1.97. The first-order valence-electron chi connectivity index (χ1n) is 7.58. The minimum atomic E-state index is 0.784. The van der Waals surface area contributed by atoms with Crippen LogP contribution >= 0.6 is 0 Å². The zero-order valence-corrected chi connectivity index (χ0v) is 12.4. The van der Waals surface area contributed by atoms with Gasteiger partial charge in [-0.05, 0) is 25.2 Å². The molecular formula is C16H33N. The van der Waals surface area contributed by atoms with E-state index < -0.39 is 0 Å². The number of rotatable bonds is 12. The standard InChI is InChI=1S/C16H33N/c1-5-6-7-8-9-10-11-14-17-16(4)13-12-15(2)3/h15,17H,4-14H2,1-3H3. The van der Waals surface area contributed by atoms with Crippen molar-refractivity contribution >= 4 is 0 Å². The van der Waals surface area contributed by atoms with Gasteiger partial charge in [-0.2, -0.15) is 0 Å². The highest BCUT2D eigenvalue weighted by molar-refractivity contribution is 4.90. The Bertz CT molecular complexity index is 172. The molecule has 0 aromatic carbocycles. The largest absolute Gasteiger partial charge is 0.389 e. The predicted octanol–water partition coefficient (Wildman–Crippen LogP) is 5.28. The van der Waals surface area contributed by atoms with Crippen LogP contribution in [0.25, 0.3) is 0 Å². The van der Waals surface area contributed by atoms with E-state index >= 15 is 0 Å². The fourth-order valence-corrected chi connectivity index (χ4v) is 1.90. The molecule has 0 saturated heterocycles. The van der Waals surface area contributed by atoms with Gasteiger partial charge in [-0.3, -0.25) is 0 Å². The number of allylic oxidation sites excluding steroid dienone is 1. The first-order valence-corrected chi connectivity index (χ1v) is 7.58. The van der Waals surface area contributed by atoms with Crippen molar-refractivity contribution in [2.75, 3.05) is 6.54 Å². The molecule has 0 bridgehead atoms. The van der Waals surface area contributed by atoms with Crippen LogP contribution in [0.15, 0.2) is 12.3 Å². The quantitative estimate of drug-likeness (QED) is 0.457. The molecule has 0 aromatic rings. The number of nitrogens with one attached hydrogen (secondary N) is 1. The van der Waals surface area contributed by atoms with E-state index in [0.717, 1.165) is 18.9 Å². The summed E-state index contributed by atoms with van der Waals surface area (Å²) in [5.41, 5.74) is 1.23. The van der Waals surface area contributed by atoms with Gasteiger partial charge in [0.05, 0.1) is 0 Å². The van der Waals surface area contributed by atoms with Crippen LogP contribution in [0.3, 0.4) is 0 Å². The lowest BCUT2D eigenvalue weighted by molar-refractivity contribution is 0.551. The highest BCUT2D eigenvalue weighted by Crippen LogP contribution is 2.09. The fraction of sp³-hybridized carbons (Fsp3) is 0.875. The van der Waals surface area contributed by atoms with Crippen molar-refractivity contribution in [3.63, 3.8) is 0 Å². The number of hydrogen-bond donors (Lipinski definition) is 1. The Kier molecular flexibility index (Phi) is 11.7. The molecule has 1 heteroatoms. The van der Waals surface area contributed by atoms with Crippen LogP contribution in [0, 0.1) is 5.92 Å². The van der Waals surface area contributed by atoms with Crippen LogP contribution in [0.1, 0.15) is 78.6 Å². The van der Waals surface area contributed by atoms with E-state index in [2.05, 4.69) is 32.7 Å². The van der Waals surface area contributed by atoms with E-state index in [4.69, 9.17) is 0 Å². The van der Waals surface area contributed by atoms with Crippen molar-refractivity contribution in [1.82, 2.24) is 5.32 Å². The Morgan fingerprint density at radius 1 is 1.00 bits per heavy atom. The summed E-state index contributed by atoms with van der Waals surface area (Å²) < 4.78 is 0. The summed E-state index contributed by atoms with van der Waals surface area (Å²) in [6.45, 7) is 12.0. The molecule has 102 valence electrons. The van der Waals surface area contributed by atoms with Crippen LogP contribution in [-0.4, -0.2) is 6.54 Å². The summed E-state index contributed by atoms with van der Waals surface area (Å²) in [7, 11) is 0. The molecule has 0 fully saturated rings. The second-order valence-corrected chi connectivity index (χ2v) is 5.58. The van der Waals surface area contributed by atoms with Gasteiger partial charge in [0, 0.05) is 12.2 Å². The summed E-state index contributed by atoms with van der Waals surface area (Å²) in [5, 5.41) is 3.45. The van der Waals surface area contributed by atoms with E-state index in [1.54, 1.807) is 0 Å². The maximum Gasteiger partial charge on any atom is 0.0143 e. The molecule has 0 radical (unpaired) electrons. The third kappa shape index (κ3) is 13.5. The Hall–Kier alpha value is -0.460.